The Morgan fingerprint density at radius 1 is 1.38 bits per heavy atom. The highest BCUT2D eigenvalue weighted by atomic mass is 16.1. The molecule has 5 heteroatoms. The summed E-state index contributed by atoms with van der Waals surface area (Å²) < 4.78 is 2.25. The van der Waals surface area contributed by atoms with Crippen LogP contribution in [-0.4, -0.2) is 27.0 Å². The third kappa shape index (κ3) is 2.60. The maximum absolute atomic E-state index is 12.5. The van der Waals surface area contributed by atoms with E-state index >= 15 is 0 Å². The lowest BCUT2D eigenvalue weighted by molar-refractivity contribution is 0.0953. The Bertz CT molecular complexity index is 873. The van der Waals surface area contributed by atoms with Crippen molar-refractivity contribution in [3.63, 3.8) is 0 Å². The standard InChI is InChI=1S/C19H22N4O/c1-13-12-22-18(14-4-2-5-14)23(13)11-10-21-19(24)16-6-3-7-17-15(16)8-9-20-17/h3,6-9,12,14,20H,2,4-5,10-11H2,1H3,(H,21,24). The summed E-state index contributed by atoms with van der Waals surface area (Å²) in [6.07, 6.45) is 7.57. The highest BCUT2D eigenvalue weighted by Crippen LogP contribution is 2.35. The van der Waals surface area contributed by atoms with Gasteiger partial charge in [-0.1, -0.05) is 12.5 Å². The van der Waals surface area contributed by atoms with Gasteiger partial charge in [0.25, 0.3) is 5.91 Å². The van der Waals surface area contributed by atoms with Crippen molar-refractivity contribution in [2.24, 2.45) is 0 Å². The Kier molecular flexibility index (Phi) is 3.84. The lowest BCUT2D eigenvalue weighted by atomic mass is 9.85. The molecule has 2 aromatic heterocycles. The Balaban J connectivity index is 1.43. The van der Waals surface area contributed by atoms with Gasteiger partial charge in [0.15, 0.2) is 0 Å². The van der Waals surface area contributed by atoms with Crippen LogP contribution in [0.25, 0.3) is 10.9 Å². The van der Waals surface area contributed by atoms with E-state index in [1.807, 2.05) is 36.7 Å². The number of carbonyl (C=O) groups is 1. The van der Waals surface area contributed by atoms with Crippen LogP contribution in [0, 0.1) is 6.92 Å². The quantitative estimate of drug-likeness (QED) is 0.756. The summed E-state index contributed by atoms with van der Waals surface area (Å²) in [6.45, 7) is 3.46. The number of aryl methyl sites for hydroxylation is 1. The summed E-state index contributed by atoms with van der Waals surface area (Å²) in [5, 5.41) is 4.01. The predicted molar refractivity (Wildman–Crippen MR) is 94.2 cm³/mol. The van der Waals surface area contributed by atoms with Gasteiger partial charge in [-0.15, -0.1) is 0 Å². The predicted octanol–water partition coefficient (Wildman–Crippen LogP) is 3.37. The molecule has 24 heavy (non-hydrogen) atoms. The van der Waals surface area contributed by atoms with Gasteiger partial charge < -0.3 is 14.9 Å². The molecule has 0 atom stereocenters. The topological polar surface area (TPSA) is 62.7 Å². The van der Waals surface area contributed by atoms with E-state index in [0.29, 0.717) is 12.5 Å². The molecule has 2 heterocycles. The van der Waals surface area contributed by atoms with Crippen molar-refractivity contribution in [3.05, 3.63) is 53.7 Å². The highest BCUT2D eigenvalue weighted by molar-refractivity contribution is 6.06. The first-order valence-electron chi connectivity index (χ1n) is 8.60. The van der Waals surface area contributed by atoms with Gasteiger partial charge >= 0.3 is 0 Å². The van der Waals surface area contributed by atoms with E-state index in [1.54, 1.807) is 0 Å². The largest absolute Gasteiger partial charge is 0.361 e. The molecule has 0 radical (unpaired) electrons. The highest BCUT2D eigenvalue weighted by Gasteiger charge is 2.24. The van der Waals surface area contributed by atoms with Gasteiger partial charge in [-0.25, -0.2) is 4.98 Å². The van der Waals surface area contributed by atoms with Crippen molar-refractivity contribution in [3.8, 4) is 0 Å². The zero-order valence-electron chi connectivity index (χ0n) is 13.9. The van der Waals surface area contributed by atoms with Crippen molar-refractivity contribution in [2.75, 3.05) is 6.54 Å². The number of amides is 1. The van der Waals surface area contributed by atoms with E-state index in [-0.39, 0.29) is 5.91 Å². The van der Waals surface area contributed by atoms with Crippen LogP contribution in [0.3, 0.4) is 0 Å². The molecule has 1 amide bonds. The van der Waals surface area contributed by atoms with E-state index in [2.05, 4.69) is 26.8 Å². The van der Waals surface area contributed by atoms with E-state index in [0.717, 1.165) is 23.0 Å². The van der Waals surface area contributed by atoms with Gasteiger partial charge in [0.05, 0.1) is 0 Å². The van der Waals surface area contributed by atoms with Crippen LogP contribution in [-0.2, 0) is 6.54 Å². The smallest absolute Gasteiger partial charge is 0.252 e. The minimum absolute atomic E-state index is 0.0248. The van der Waals surface area contributed by atoms with E-state index < -0.39 is 0 Å². The first-order chi connectivity index (χ1) is 11.7. The summed E-state index contributed by atoms with van der Waals surface area (Å²) >= 11 is 0. The van der Waals surface area contributed by atoms with E-state index in [4.69, 9.17) is 0 Å². The molecule has 4 rings (SSSR count). The van der Waals surface area contributed by atoms with Gasteiger partial charge in [-0.2, -0.15) is 0 Å². The second-order valence-corrected chi connectivity index (χ2v) is 6.54. The fourth-order valence-corrected chi connectivity index (χ4v) is 3.42. The molecule has 0 spiro atoms. The van der Waals surface area contributed by atoms with Gasteiger partial charge in [-0.05, 0) is 38.0 Å². The zero-order valence-corrected chi connectivity index (χ0v) is 13.9. The summed E-state index contributed by atoms with van der Waals surface area (Å²) in [5.74, 6) is 1.76. The Hall–Kier alpha value is -2.56. The van der Waals surface area contributed by atoms with Gasteiger partial charge in [0.2, 0.25) is 0 Å². The average Bonchev–Trinajstić information content (AvgIpc) is 3.14. The first kappa shape index (κ1) is 15.0. The molecule has 1 aliphatic carbocycles. The number of H-pyrrole nitrogens is 1. The number of carbonyl (C=O) groups excluding carboxylic acids is 1. The van der Waals surface area contributed by atoms with E-state index in [9.17, 15) is 4.79 Å². The Morgan fingerprint density at radius 3 is 3.04 bits per heavy atom. The number of nitrogens with one attached hydrogen (secondary N) is 2. The molecule has 3 aromatic rings. The maximum Gasteiger partial charge on any atom is 0.252 e. The first-order valence-corrected chi connectivity index (χ1v) is 8.60. The maximum atomic E-state index is 12.5. The number of nitrogens with zero attached hydrogens (tertiary/aromatic N) is 2. The normalized spacial score (nSPS) is 14.7. The molecule has 1 aliphatic rings. The van der Waals surface area contributed by atoms with Crippen molar-refractivity contribution < 1.29 is 4.79 Å². The van der Waals surface area contributed by atoms with E-state index in [1.165, 1.54) is 30.8 Å². The van der Waals surface area contributed by atoms with Crippen LogP contribution in [0.5, 0.6) is 0 Å². The second kappa shape index (κ2) is 6.15. The molecule has 1 aromatic carbocycles. The number of hydrogen-bond acceptors (Lipinski definition) is 2. The van der Waals surface area contributed by atoms with Gasteiger partial charge in [0, 0.05) is 53.6 Å². The zero-order chi connectivity index (χ0) is 16.5. The molecule has 2 N–H and O–H groups in total. The number of hydrogen-bond donors (Lipinski definition) is 2. The molecule has 124 valence electrons. The van der Waals surface area contributed by atoms with Crippen LogP contribution in [0.15, 0.2) is 36.7 Å². The molecule has 0 aliphatic heterocycles. The number of aromatic amines is 1. The third-order valence-electron chi connectivity index (χ3n) is 5.02. The van der Waals surface area contributed by atoms with Crippen LogP contribution >= 0.6 is 0 Å². The molecule has 1 saturated carbocycles. The number of rotatable bonds is 5. The van der Waals surface area contributed by atoms with Crippen LogP contribution in [0.4, 0.5) is 0 Å². The van der Waals surface area contributed by atoms with Crippen molar-refractivity contribution in [1.82, 2.24) is 19.9 Å². The third-order valence-corrected chi connectivity index (χ3v) is 5.02. The second-order valence-electron chi connectivity index (χ2n) is 6.54. The molecular weight excluding hydrogens is 300 g/mol. The van der Waals surface area contributed by atoms with Crippen LogP contribution < -0.4 is 5.32 Å². The van der Waals surface area contributed by atoms with Crippen molar-refractivity contribution in [2.45, 2.75) is 38.6 Å². The summed E-state index contributed by atoms with van der Waals surface area (Å²) in [5.41, 5.74) is 2.87. The average molecular weight is 322 g/mol. The lowest BCUT2D eigenvalue weighted by Crippen LogP contribution is -2.28. The minimum Gasteiger partial charge on any atom is -0.361 e. The fourth-order valence-electron chi connectivity index (χ4n) is 3.42. The molecule has 0 bridgehead atoms. The molecule has 5 nitrogen and oxygen atoms in total. The number of fused-ring (bicyclic) bond motifs is 1. The molecule has 0 unspecified atom stereocenters. The number of benzene rings is 1. The summed E-state index contributed by atoms with van der Waals surface area (Å²) in [7, 11) is 0. The Morgan fingerprint density at radius 2 is 2.25 bits per heavy atom. The molecular formula is C19H22N4O. The lowest BCUT2D eigenvalue weighted by Gasteiger charge is -2.26. The summed E-state index contributed by atoms with van der Waals surface area (Å²) in [4.78, 5) is 20.2. The SMILES string of the molecule is Cc1cnc(C2CCC2)n1CCNC(=O)c1cccc2[nH]ccc12. The van der Waals surface area contributed by atoms with Gasteiger partial charge in [-0.3, -0.25) is 4.79 Å². The Labute approximate surface area is 141 Å². The van der Waals surface area contributed by atoms with Crippen molar-refractivity contribution >= 4 is 16.8 Å². The van der Waals surface area contributed by atoms with Crippen molar-refractivity contribution in [1.29, 1.82) is 0 Å². The number of aromatic nitrogens is 3. The van der Waals surface area contributed by atoms with Crippen LogP contribution in [0.1, 0.15) is 47.1 Å². The fraction of sp³-hybridized carbons (Fsp3) is 0.368. The number of imidazole rings is 1. The minimum atomic E-state index is -0.0248. The molecule has 0 saturated heterocycles. The van der Waals surface area contributed by atoms with Gasteiger partial charge in [0.1, 0.15) is 5.82 Å². The van der Waals surface area contributed by atoms with Crippen LogP contribution in [0.2, 0.25) is 0 Å². The monoisotopic (exact) mass is 322 g/mol. The molecule has 1 fully saturated rings. The summed E-state index contributed by atoms with van der Waals surface area (Å²) in [6, 6.07) is 7.70.